The predicted molar refractivity (Wildman–Crippen MR) is 91.1 cm³/mol. The highest BCUT2D eigenvalue weighted by molar-refractivity contribution is 5.05. The van der Waals surface area contributed by atoms with E-state index in [1.165, 1.54) is 0 Å². The number of pyridine rings is 3. The molecule has 0 aliphatic rings. The normalized spacial score (nSPS) is 9.78. The smallest absolute Gasteiger partial charge is 0.0541 e. The molecule has 0 aliphatic heterocycles. The summed E-state index contributed by atoms with van der Waals surface area (Å²) >= 11 is 0. The Balaban J connectivity index is 0.000000203. The van der Waals surface area contributed by atoms with Gasteiger partial charge in [0.1, 0.15) is 0 Å². The Morgan fingerprint density at radius 1 is 0.652 bits per heavy atom. The average Bonchev–Trinajstić information content (AvgIpc) is 2.65. The van der Waals surface area contributed by atoms with E-state index in [0.717, 1.165) is 30.2 Å². The maximum absolute atomic E-state index is 5.29. The first-order chi connectivity index (χ1) is 11.4. The number of nitrogens with two attached hydrogens (primary N) is 1. The van der Waals surface area contributed by atoms with E-state index in [1.807, 2.05) is 54.6 Å². The molecule has 3 heterocycles. The van der Waals surface area contributed by atoms with Crippen LogP contribution >= 0.6 is 0 Å². The Labute approximate surface area is 136 Å². The van der Waals surface area contributed by atoms with Crippen molar-refractivity contribution < 1.29 is 0 Å². The third-order valence-electron chi connectivity index (χ3n) is 3.00. The lowest BCUT2D eigenvalue weighted by Gasteiger charge is -2.03. The van der Waals surface area contributed by atoms with Gasteiger partial charge < -0.3 is 11.1 Å². The topological polar surface area (TPSA) is 76.7 Å². The molecule has 118 valence electrons. The molecule has 0 unspecified atom stereocenters. The Morgan fingerprint density at radius 2 is 1.09 bits per heavy atom. The molecule has 0 amide bonds. The lowest BCUT2D eigenvalue weighted by atomic mass is 10.3. The summed E-state index contributed by atoms with van der Waals surface area (Å²) in [6, 6.07) is 17.5. The van der Waals surface area contributed by atoms with Crippen LogP contribution in [0.1, 0.15) is 17.1 Å². The summed E-state index contributed by atoms with van der Waals surface area (Å²) in [4.78, 5) is 12.4. The summed E-state index contributed by atoms with van der Waals surface area (Å²) in [7, 11) is 0. The Hall–Kier alpha value is -2.63. The molecule has 23 heavy (non-hydrogen) atoms. The van der Waals surface area contributed by atoms with E-state index in [4.69, 9.17) is 5.73 Å². The van der Waals surface area contributed by atoms with Gasteiger partial charge in [-0.15, -0.1) is 0 Å². The molecule has 5 nitrogen and oxygen atoms in total. The van der Waals surface area contributed by atoms with Gasteiger partial charge in [0.05, 0.1) is 17.1 Å². The van der Waals surface area contributed by atoms with Crippen molar-refractivity contribution in [1.29, 1.82) is 0 Å². The highest BCUT2D eigenvalue weighted by Gasteiger charge is 1.94. The molecular formula is C18H21N5. The second-order valence-electron chi connectivity index (χ2n) is 4.77. The summed E-state index contributed by atoms with van der Waals surface area (Å²) in [6.45, 7) is 2.08. The Kier molecular flexibility index (Phi) is 7.39. The molecule has 0 bridgehead atoms. The van der Waals surface area contributed by atoms with Crippen molar-refractivity contribution in [2.75, 3.05) is 0 Å². The summed E-state index contributed by atoms with van der Waals surface area (Å²) < 4.78 is 0. The third kappa shape index (κ3) is 6.78. The first-order valence-corrected chi connectivity index (χ1v) is 7.49. The van der Waals surface area contributed by atoms with Gasteiger partial charge in [0.15, 0.2) is 0 Å². The fraction of sp³-hybridized carbons (Fsp3) is 0.167. The van der Waals surface area contributed by atoms with E-state index >= 15 is 0 Å². The van der Waals surface area contributed by atoms with E-state index in [0.29, 0.717) is 6.54 Å². The molecule has 0 saturated heterocycles. The number of rotatable bonds is 5. The van der Waals surface area contributed by atoms with Gasteiger partial charge in [-0.1, -0.05) is 18.2 Å². The summed E-state index contributed by atoms with van der Waals surface area (Å²) in [6.07, 6.45) is 5.34. The average molecular weight is 307 g/mol. The van der Waals surface area contributed by atoms with Gasteiger partial charge in [-0.05, 0) is 36.4 Å². The molecule has 0 fully saturated rings. The number of hydrogen-bond acceptors (Lipinski definition) is 5. The minimum Gasteiger partial charge on any atom is -0.325 e. The zero-order valence-electron chi connectivity index (χ0n) is 13.0. The van der Waals surface area contributed by atoms with Crippen molar-refractivity contribution in [3.8, 4) is 0 Å². The van der Waals surface area contributed by atoms with Crippen molar-refractivity contribution in [2.45, 2.75) is 19.6 Å². The Bertz CT molecular complexity index is 605. The molecule has 0 aliphatic carbocycles. The van der Waals surface area contributed by atoms with Crippen LogP contribution in [0.25, 0.3) is 0 Å². The highest BCUT2D eigenvalue weighted by Crippen LogP contribution is 1.95. The fourth-order valence-corrected chi connectivity index (χ4v) is 1.84. The van der Waals surface area contributed by atoms with Crippen LogP contribution in [0, 0.1) is 0 Å². The zero-order chi connectivity index (χ0) is 16.2. The maximum Gasteiger partial charge on any atom is 0.0541 e. The van der Waals surface area contributed by atoms with Crippen LogP contribution in [0.15, 0.2) is 73.2 Å². The van der Waals surface area contributed by atoms with Gasteiger partial charge in [-0.2, -0.15) is 0 Å². The van der Waals surface area contributed by atoms with Crippen molar-refractivity contribution in [3.05, 3.63) is 90.3 Å². The molecule has 0 aromatic carbocycles. The molecule has 0 saturated carbocycles. The lowest BCUT2D eigenvalue weighted by Crippen LogP contribution is -2.14. The van der Waals surface area contributed by atoms with Crippen molar-refractivity contribution in [2.24, 2.45) is 5.73 Å². The standard InChI is InChI=1S/C12H13N3.C6H8N2/c1-3-7-14-11(5-1)9-13-10-12-6-2-4-8-15-12;7-5-6-3-1-2-4-8-6/h1-8,13H,9-10H2;1-4H,5,7H2. The second-order valence-corrected chi connectivity index (χ2v) is 4.77. The van der Waals surface area contributed by atoms with Gasteiger partial charge in [0.25, 0.3) is 0 Å². The molecule has 3 aromatic heterocycles. The van der Waals surface area contributed by atoms with Gasteiger partial charge in [0.2, 0.25) is 0 Å². The third-order valence-corrected chi connectivity index (χ3v) is 3.00. The van der Waals surface area contributed by atoms with Gasteiger partial charge in [0, 0.05) is 38.2 Å². The monoisotopic (exact) mass is 307 g/mol. The van der Waals surface area contributed by atoms with Crippen LogP contribution in [0.2, 0.25) is 0 Å². The molecule has 3 N–H and O–H groups in total. The van der Waals surface area contributed by atoms with Gasteiger partial charge in [-0.25, -0.2) is 0 Å². The molecule has 5 heteroatoms. The van der Waals surface area contributed by atoms with E-state index in [-0.39, 0.29) is 0 Å². The van der Waals surface area contributed by atoms with Gasteiger partial charge in [-0.3, -0.25) is 15.0 Å². The van der Waals surface area contributed by atoms with Crippen LogP contribution < -0.4 is 11.1 Å². The van der Waals surface area contributed by atoms with E-state index in [9.17, 15) is 0 Å². The van der Waals surface area contributed by atoms with Crippen molar-refractivity contribution in [3.63, 3.8) is 0 Å². The van der Waals surface area contributed by atoms with Crippen LogP contribution in [0.4, 0.5) is 0 Å². The van der Waals surface area contributed by atoms with Crippen LogP contribution in [-0.2, 0) is 19.6 Å². The quantitative estimate of drug-likeness (QED) is 0.756. The van der Waals surface area contributed by atoms with Crippen molar-refractivity contribution in [1.82, 2.24) is 20.3 Å². The Morgan fingerprint density at radius 3 is 1.39 bits per heavy atom. The van der Waals surface area contributed by atoms with E-state index in [2.05, 4.69) is 20.3 Å². The van der Waals surface area contributed by atoms with Crippen LogP contribution in [0.5, 0.6) is 0 Å². The number of aromatic nitrogens is 3. The van der Waals surface area contributed by atoms with E-state index < -0.39 is 0 Å². The molecule has 0 radical (unpaired) electrons. The first-order valence-electron chi connectivity index (χ1n) is 7.49. The largest absolute Gasteiger partial charge is 0.325 e. The number of nitrogens with zero attached hydrogens (tertiary/aromatic N) is 3. The summed E-state index contributed by atoms with van der Waals surface area (Å²) in [5.41, 5.74) is 8.32. The number of nitrogens with one attached hydrogen (secondary N) is 1. The molecule has 3 rings (SSSR count). The minimum atomic E-state index is 0.529. The summed E-state index contributed by atoms with van der Waals surface area (Å²) in [5, 5.41) is 3.29. The predicted octanol–water partition coefficient (Wildman–Crippen LogP) is 2.31. The molecule has 3 aromatic rings. The zero-order valence-corrected chi connectivity index (χ0v) is 13.0. The molecule has 0 spiro atoms. The second kappa shape index (κ2) is 10.2. The number of hydrogen-bond donors (Lipinski definition) is 2. The molecule has 0 atom stereocenters. The molecular weight excluding hydrogens is 286 g/mol. The summed E-state index contributed by atoms with van der Waals surface area (Å²) in [5.74, 6) is 0. The van der Waals surface area contributed by atoms with Crippen LogP contribution in [-0.4, -0.2) is 15.0 Å². The van der Waals surface area contributed by atoms with Crippen LogP contribution in [0.3, 0.4) is 0 Å². The first kappa shape index (κ1) is 16.7. The van der Waals surface area contributed by atoms with E-state index in [1.54, 1.807) is 18.6 Å². The SMILES string of the molecule is NCc1ccccn1.c1ccc(CNCc2ccccn2)nc1. The minimum absolute atomic E-state index is 0.529. The highest BCUT2D eigenvalue weighted by atomic mass is 14.9. The fourth-order valence-electron chi connectivity index (χ4n) is 1.84. The van der Waals surface area contributed by atoms with Gasteiger partial charge >= 0.3 is 0 Å². The van der Waals surface area contributed by atoms with Crippen molar-refractivity contribution >= 4 is 0 Å². The maximum atomic E-state index is 5.29. The lowest BCUT2D eigenvalue weighted by molar-refractivity contribution is 0.667.